The summed E-state index contributed by atoms with van der Waals surface area (Å²) < 4.78 is 11.0. The summed E-state index contributed by atoms with van der Waals surface area (Å²) >= 11 is 5.91. The third kappa shape index (κ3) is 4.40. The molecule has 3 rings (SSSR count). The molecule has 25 heavy (non-hydrogen) atoms. The largest absolute Gasteiger partial charge is 0.481 e. The Bertz CT molecular complexity index is 875. The van der Waals surface area contributed by atoms with E-state index in [2.05, 4.69) is 0 Å². The molecule has 0 aromatic heterocycles. The van der Waals surface area contributed by atoms with E-state index >= 15 is 0 Å². The van der Waals surface area contributed by atoms with Gasteiger partial charge in [0, 0.05) is 10.6 Å². The molecule has 0 radical (unpaired) electrons. The summed E-state index contributed by atoms with van der Waals surface area (Å²) in [5.41, 5.74) is 2.75. The van der Waals surface area contributed by atoms with Crippen molar-refractivity contribution in [3.8, 4) is 22.6 Å². The highest BCUT2D eigenvalue weighted by atomic mass is 35.5. The smallest absolute Gasteiger partial charge is 0.349 e. The molecule has 0 saturated heterocycles. The van der Waals surface area contributed by atoms with Gasteiger partial charge in [-0.15, -0.1) is 0 Å². The normalized spacial score (nSPS) is 10.3. The first-order valence-electron chi connectivity index (χ1n) is 7.87. The fraction of sp³-hybridized carbons (Fsp3) is 0.0952. The second-order valence-corrected chi connectivity index (χ2v) is 5.97. The first-order valence-corrected chi connectivity index (χ1v) is 8.25. The van der Waals surface area contributed by atoms with Gasteiger partial charge in [-0.3, -0.25) is 0 Å². The number of aryl methyl sites for hydroxylation is 1. The number of hydrogen-bond donors (Lipinski definition) is 0. The monoisotopic (exact) mass is 352 g/mol. The van der Waals surface area contributed by atoms with Crippen molar-refractivity contribution >= 4 is 17.6 Å². The molecule has 0 aliphatic heterocycles. The lowest BCUT2D eigenvalue weighted by Crippen LogP contribution is -2.18. The molecule has 0 atom stereocenters. The Labute approximate surface area is 151 Å². The molecule has 3 aromatic carbocycles. The summed E-state index contributed by atoms with van der Waals surface area (Å²) in [4.78, 5) is 12.1. The Hall–Kier alpha value is -2.78. The fourth-order valence-corrected chi connectivity index (χ4v) is 2.69. The van der Waals surface area contributed by atoms with Crippen LogP contribution in [0.1, 0.15) is 5.56 Å². The topological polar surface area (TPSA) is 35.5 Å². The van der Waals surface area contributed by atoms with Crippen LogP contribution in [-0.2, 0) is 4.79 Å². The van der Waals surface area contributed by atoms with Gasteiger partial charge < -0.3 is 9.47 Å². The zero-order valence-electron chi connectivity index (χ0n) is 13.7. The van der Waals surface area contributed by atoms with Crippen LogP contribution in [-0.4, -0.2) is 12.6 Å². The van der Waals surface area contributed by atoms with E-state index in [1.807, 2.05) is 61.5 Å². The fourth-order valence-electron chi connectivity index (χ4n) is 2.46. The van der Waals surface area contributed by atoms with Crippen LogP contribution in [0.3, 0.4) is 0 Å². The molecule has 0 aliphatic carbocycles. The van der Waals surface area contributed by atoms with E-state index < -0.39 is 5.97 Å². The quantitative estimate of drug-likeness (QED) is 0.461. The summed E-state index contributed by atoms with van der Waals surface area (Å²) in [6.07, 6.45) is 0. The highest BCUT2D eigenvalue weighted by molar-refractivity contribution is 6.30. The minimum absolute atomic E-state index is 0.175. The average Bonchev–Trinajstić information content (AvgIpc) is 2.63. The van der Waals surface area contributed by atoms with Gasteiger partial charge in [-0.1, -0.05) is 60.1 Å². The number of halogens is 1. The summed E-state index contributed by atoms with van der Waals surface area (Å²) in [6.45, 7) is 1.66. The minimum atomic E-state index is -0.465. The van der Waals surface area contributed by atoms with Gasteiger partial charge in [-0.25, -0.2) is 4.79 Å². The van der Waals surface area contributed by atoms with Gasteiger partial charge in [0.1, 0.15) is 11.5 Å². The molecule has 0 amide bonds. The van der Waals surface area contributed by atoms with Crippen molar-refractivity contribution in [1.29, 1.82) is 0 Å². The SMILES string of the molecule is Cc1cc(Cl)ccc1OC(=O)COc1ccccc1-c1ccccc1. The maximum Gasteiger partial charge on any atom is 0.349 e. The van der Waals surface area contributed by atoms with Gasteiger partial charge in [-0.05, 0) is 42.3 Å². The van der Waals surface area contributed by atoms with Crippen LogP contribution in [0.2, 0.25) is 5.02 Å². The molecule has 0 N–H and O–H groups in total. The highest BCUT2D eigenvalue weighted by Crippen LogP contribution is 2.29. The van der Waals surface area contributed by atoms with Crippen molar-refractivity contribution in [1.82, 2.24) is 0 Å². The number of carbonyl (C=O) groups excluding carboxylic acids is 1. The molecule has 126 valence electrons. The number of hydrogen-bond acceptors (Lipinski definition) is 3. The van der Waals surface area contributed by atoms with E-state index in [9.17, 15) is 4.79 Å². The zero-order valence-corrected chi connectivity index (χ0v) is 14.5. The van der Waals surface area contributed by atoms with Gasteiger partial charge in [0.15, 0.2) is 6.61 Å². The van der Waals surface area contributed by atoms with Crippen molar-refractivity contribution in [2.45, 2.75) is 6.92 Å². The molecular weight excluding hydrogens is 336 g/mol. The number of para-hydroxylation sites is 1. The van der Waals surface area contributed by atoms with Crippen LogP contribution >= 0.6 is 11.6 Å². The Balaban J connectivity index is 1.69. The number of rotatable bonds is 5. The molecule has 0 spiro atoms. The van der Waals surface area contributed by atoms with Crippen LogP contribution in [0.4, 0.5) is 0 Å². The van der Waals surface area contributed by atoms with Crippen molar-refractivity contribution in [2.75, 3.05) is 6.61 Å². The van der Waals surface area contributed by atoms with E-state index in [-0.39, 0.29) is 6.61 Å². The molecule has 4 heteroatoms. The van der Waals surface area contributed by atoms with E-state index in [4.69, 9.17) is 21.1 Å². The second kappa shape index (κ2) is 7.86. The summed E-state index contributed by atoms with van der Waals surface area (Å²) in [5.74, 6) is 0.654. The van der Waals surface area contributed by atoms with E-state index in [0.717, 1.165) is 16.7 Å². The van der Waals surface area contributed by atoms with Gasteiger partial charge in [0.05, 0.1) is 0 Å². The molecule has 3 aromatic rings. The zero-order chi connectivity index (χ0) is 17.6. The predicted octanol–water partition coefficient (Wildman–Crippen LogP) is 5.30. The van der Waals surface area contributed by atoms with Crippen molar-refractivity contribution in [3.63, 3.8) is 0 Å². The van der Waals surface area contributed by atoms with Crippen LogP contribution in [0.25, 0.3) is 11.1 Å². The van der Waals surface area contributed by atoms with Crippen LogP contribution in [0.15, 0.2) is 72.8 Å². The number of benzene rings is 3. The van der Waals surface area contributed by atoms with Crippen molar-refractivity contribution < 1.29 is 14.3 Å². The first kappa shape index (κ1) is 17.1. The van der Waals surface area contributed by atoms with E-state index in [0.29, 0.717) is 16.5 Å². The lowest BCUT2D eigenvalue weighted by molar-refractivity contribution is -0.136. The van der Waals surface area contributed by atoms with Crippen LogP contribution in [0.5, 0.6) is 11.5 Å². The van der Waals surface area contributed by atoms with Gasteiger partial charge in [0.2, 0.25) is 0 Å². The van der Waals surface area contributed by atoms with Crippen LogP contribution in [0, 0.1) is 6.92 Å². The third-order valence-corrected chi connectivity index (χ3v) is 3.91. The standard InChI is InChI=1S/C21H17ClO3/c1-15-13-17(22)11-12-19(15)25-21(23)14-24-20-10-6-5-9-18(20)16-7-3-2-4-8-16/h2-13H,14H2,1H3. The number of ether oxygens (including phenoxy) is 2. The molecule has 0 aliphatic rings. The molecule has 0 fully saturated rings. The Morgan fingerprint density at radius 1 is 0.920 bits per heavy atom. The first-order chi connectivity index (χ1) is 12.1. The molecule has 0 unspecified atom stereocenters. The van der Waals surface area contributed by atoms with E-state index in [1.54, 1.807) is 18.2 Å². The van der Waals surface area contributed by atoms with Crippen molar-refractivity contribution in [2.24, 2.45) is 0 Å². The Morgan fingerprint density at radius 3 is 2.40 bits per heavy atom. The van der Waals surface area contributed by atoms with Gasteiger partial charge in [0.25, 0.3) is 0 Å². The summed E-state index contributed by atoms with van der Waals surface area (Å²) in [5, 5.41) is 0.602. The average molecular weight is 353 g/mol. The highest BCUT2D eigenvalue weighted by Gasteiger charge is 2.11. The van der Waals surface area contributed by atoms with Crippen LogP contribution < -0.4 is 9.47 Å². The lowest BCUT2D eigenvalue weighted by atomic mass is 10.1. The van der Waals surface area contributed by atoms with Gasteiger partial charge >= 0.3 is 5.97 Å². The molecule has 0 saturated carbocycles. The van der Waals surface area contributed by atoms with Gasteiger partial charge in [-0.2, -0.15) is 0 Å². The lowest BCUT2D eigenvalue weighted by Gasteiger charge is -2.12. The van der Waals surface area contributed by atoms with Crippen molar-refractivity contribution in [3.05, 3.63) is 83.4 Å². The third-order valence-electron chi connectivity index (χ3n) is 3.68. The maximum atomic E-state index is 12.1. The maximum absolute atomic E-state index is 12.1. The predicted molar refractivity (Wildman–Crippen MR) is 99.2 cm³/mol. The van der Waals surface area contributed by atoms with E-state index in [1.165, 1.54) is 0 Å². The minimum Gasteiger partial charge on any atom is -0.481 e. The molecule has 0 bridgehead atoms. The molecule has 3 nitrogen and oxygen atoms in total. The number of esters is 1. The Kier molecular flexibility index (Phi) is 5.36. The summed E-state index contributed by atoms with van der Waals surface area (Å²) in [7, 11) is 0. The summed E-state index contributed by atoms with van der Waals surface area (Å²) in [6, 6.07) is 22.6. The molecule has 0 heterocycles. The Morgan fingerprint density at radius 2 is 1.64 bits per heavy atom. The second-order valence-electron chi connectivity index (χ2n) is 5.53. The molecular formula is C21H17ClO3. The number of carbonyl (C=O) groups is 1.